The summed E-state index contributed by atoms with van der Waals surface area (Å²) >= 11 is 0. The van der Waals surface area contributed by atoms with Gasteiger partial charge in [0.1, 0.15) is 129 Å². The fourth-order valence-corrected chi connectivity index (χ4v) is 8.67. The van der Waals surface area contributed by atoms with Crippen molar-refractivity contribution in [3.05, 3.63) is 78.9 Å². The highest BCUT2D eigenvalue weighted by Crippen LogP contribution is 2.35. The number of hydrogen-bond acceptors (Lipinski definition) is 4. The highest BCUT2D eigenvalue weighted by molar-refractivity contribution is 6.69. The summed E-state index contributed by atoms with van der Waals surface area (Å²) in [4.78, 5) is 14.9. The third-order valence-corrected chi connectivity index (χ3v) is 11.9. The van der Waals surface area contributed by atoms with Crippen LogP contribution in [0.25, 0.3) is 94.7 Å². The molecule has 0 saturated carbocycles. The molecule has 5 nitrogen and oxygen atoms in total. The molecule has 0 aliphatic carbocycles. The summed E-state index contributed by atoms with van der Waals surface area (Å²) in [5.74, 6) is 0.779. The third kappa shape index (κ3) is 6.48. The van der Waals surface area contributed by atoms with Crippen LogP contribution >= 0.6 is 0 Å². The average molecular weight is 788 g/mol. The van der Waals surface area contributed by atoms with Crippen LogP contribution in [0.15, 0.2) is 83.3 Å². The first-order chi connectivity index (χ1) is 31.0. The maximum absolute atomic E-state index is 7.22. The Kier molecular flexibility index (Phi) is 10.4. The van der Waals surface area contributed by atoms with Crippen molar-refractivity contribution in [1.82, 2.24) is 19.5 Å². The Morgan fingerprint density at radius 1 is 0.354 bits per heavy atom. The van der Waals surface area contributed by atoms with Gasteiger partial charge in [-0.2, -0.15) is 0 Å². The van der Waals surface area contributed by atoms with Gasteiger partial charge in [-0.1, -0.05) is 116 Å². The standard InChI is InChI=1S/C45H13B15N4O/c46-18-10-17(45-62-43(14-5-2-1-3-6-14)61-44(63-45)16-8-4-7-15(9-16)25-34(56)36(58)38(60)37(59)35(25)57)41-28(32(18)54)29-33(55)24(13-23(51)42(29)65-41)64-39-21(49)11-19(47)30(52)26(39)27-31(53)20(48)12-22(50)40(27)64/h1-13H. The number of rotatable bonds is 5. The van der Waals surface area contributed by atoms with Crippen LogP contribution in [0.1, 0.15) is 0 Å². The molecule has 0 fully saturated rings. The zero-order valence-corrected chi connectivity index (χ0v) is 34.4. The lowest BCUT2D eigenvalue weighted by Gasteiger charge is -2.21. The summed E-state index contributed by atoms with van der Waals surface area (Å²) in [6.45, 7) is 0. The maximum atomic E-state index is 7.22. The summed E-state index contributed by atoms with van der Waals surface area (Å²) in [6, 6.07) is 22.9. The lowest BCUT2D eigenvalue weighted by atomic mass is 9.59. The van der Waals surface area contributed by atoms with E-state index in [0.29, 0.717) is 71.9 Å². The molecule has 0 amide bonds. The van der Waals surface area contributed by atoms with Gasteiger partial charge in [-0.15, -0.1) is 32.8 Å². The number of aromatic nitrogens is 4. The van der Waals surface area contributed by atoms with E-state index in [0.717, 1.165) is 0 Å². The van der Waals surface area contributed by atoms with Crippen molar-refractivity contribution in [3.8, 4) is 51.0 Å². The van der Waals surface area contributed by atoms with Gasteiger partial charge in [-0.3, -0.25) is 0 Å². The van der Waals surface area contributed by atoms with Crippen LogP contribution in [0.2, 0.25) is 0 Å². The van der Waals surface area contributed by atoms with E-state index in [4.69, 9.17) is 137 Å². The molecule has 3 aromatic heterocycles. The molecule has 0 atom stereocenters. The lowest BCUT2D eigenvalue weighted by molar-refractivity contribution is 0.672. The quantitative estimate of drug-likeness (QED) is 0.163. The summed E-state index contributed by atoms with van der Waals surface area (Å²) in [5, 5.41) is 1.52. The molecule has 0 bridgehead atoms. The molecular formula is C45H13B15N4O. The summed E-state index contributed by atoms with van der Waals surface area (Å²) < 4.78 is 8.37. The van der Waals surface area contributed by atoms with Crippen molar-refractivity contribution in [2.75, 3.05) is 0 Å². The van der Waals surface area contributed by atoms with E-state index in [9.17, 15) is 0 Å². The zero-order valence-electron chi connectivity index (χ0n) is 34.4. The SMILES string of the molecule is [B]c1cc(-c2nc(-c3ccccc3)nc(-c3cccc(-c4c([B])c([B])c([B])c([B])c4[B])c3)n2)c2oc3c([B])cc(-n4c5c([B])cc([B])c([B])c5c5c([B])c([B])cc([B])c54)c([B])c3c2c1[B]. The Hall–Kier alpha value is -5.88. The molecule has 10 rings (SSSR count). The van der Waals surface area contributed by atoms with Crippen molar-refractivity contribution in [2.24, 2.45) is 0 Å². The molecule has 0 N–H and O–H groups in total. The zero-order chi connectivity index (χ0) is 46.1. The number of hydrogen-bond donors (Lipinski definition) is 0. The Bertz CT molecular complexity index is 3640. The molecule has 0 saturated heterocycles. The van der Waals surface area contributed by atoms with Crippen molar-refractivity contribution < 1.29 is 4.42 Å². The van der Waals surface area contributed by atoms with Gasteiger partial charge in [0.15, 0.2) is 17.5 Å². The van der Waals surface area contributed by atoms with E-state index >= 15 is 0 Å². The van der Waals surface area contributed by atoms with Crippen LogP contribution in [0.5, 0.6) is 0 Å². The minimum atomic E-state index is 0.0987. The van der Waals surface area contributed by atoms with E-state index in [1.807, 2.05) is 36.4 Å². The van der Waals surface area contributed by atoms with Gasteiger partial charge in [-0.05, 0) is 34.0 Å². The van der Waals surface area contributed by atoms with Crippen LogP contribution in [0, 0.1) is 0 Å². The first kappa shape index (κ1) is 43.0. The van der Waals surface area contributed by atoms with E-state index in [1.54, 1.807) is 34.9 Å². The van der Waals surface area contributed by atoms with Crippen molar-refractivity contribution in [1.29, 1.82) is 0 Å². The largest absolute Gasteiger partial charge is 0.456 e. The Morgan fingerprint density at radius 2 is 0.831 bits per heavy atom. The van der Waals surface area contributed by atoms with Gasteiger partial charge >= 0.3 is 0 Å². The van der Waals surface area contributed by atoms with Gasteiger partial charge in [0, 0.05) is 38.6 Å². The second-order valence-corrected chi connectivity index (χ2v) is 15.8. The summed E-state index contributed by atoms with van der Waals surface area (Å²) in [6.07, 6.45) is 0. The molecule has 0 unspecified atom stereocenters. The van der Waals surface area contributed by atoms with Crippen molar-refractivity contribution >= 4 is 243 Å². The first-order valence-electron chi connectivity index (χ1n) is 19.8. The van der Waals surface area contributed by atoms with Crippen molar-refractivity contribution in [3.63, 3.8) is 0 Å². The molecular weight excluding hydrogens is 775 g/mol. The molecule has 30 radical (unpaired) electrons. The molecule has 3 heterocycles. The molecule has 0 aliphatic rings. The van der Waals surface area contributed by atoms with Crippen LogP contribution in [0.4, 0.5) is 0 Å². The molecule has 20 heteroatoms. The second kappa shape index (κ2) is 15.6. The molecule has 65 heavy (non-hydrogen) atoms. The topological polar surface area (TPSA) is 56.7 Å². The number of fused-ring (bicyclic) bond motifs is 6. The second-order valence-electron chi connectivity index (χ2n) is 15.8. The Morgan fingerprint density at radius 3 is 1.43 bits per heavy atom. The van der Waals surface area contributed by atoms with E-state index in [2.05, 4.69) is 0 Å². The van der Waals surface area contributed by atoms with Gasteiger partial charge in [-0.25, -0.2) is 15.0 Å². The number of nitrogens with zero attached hydrogens (tertiary/aromatic N) is 4. The van der Waals surface area contributed by atoms with Crippen LogP contribution < -0.4 is 81.9 Å². The lowest BCUT2D eigenvalue weighted by Crippen LogP contribution is -2.55. The normalized spacial score (nSPS) is 11.7. The fraction of sp³-hybridized carbons (Fsp3) is 0. The summed E-state index contributed by atoms with van der Waals surface area (Å²) in [7, 11) is 98.5. The van der Waals surface area contributed by atoms with Gasteiger partial charge in [0.2, 0.25) is 0 Å². The van der Waals surface area contributed by atoms with E-state index < -0.39 is 0 Å². The van der Waals surface area contributed by atoms with Gasteiger partial charge in [0.05, 0.1) is 5.56 Å². The third-order valence-electron chi connectivity index (χ3n) is 11.9. The van der Waals surface area contributed by atoms with Crippen molar-refractivity contribution in [2.45, 2.75) is 0 Å². The van der Waals surface area contributed by atoms with Crippen LogP contribution in [0.3, 0.4) is 0 Å². The first-order valence-corrected chi connectivity index (χ1v) is 19.8. The molecule has 264 valence electrons. The van der Waals surface area contributed by atoms with Crippen LogP contribution in [-0.4, -0.2) is 137 Å². The van der Waals surface area contributed by atoms with Gasteiger partial charge < -0.3 is 8.98 Å². The maximum Gasteiger partial charge on any atom is 0.167 e. The van der Waals surface area contributed by atoms with Crippen LogP contribution in [-0.2, 0) is 0 Å². The highest BCUT2D eigenvalue weighted by Gasteiger charge is 2.26. The minimum Gasteiger partial charge on any atom is -0.456 e. The average Bonchev–Trinajstić information content (AvgIpc) is 3.89. The number of benzene rings is 7. The van der Waals surface area contributed by atoms with Gasteiger partial charge in [0.25, 0.3) is 0 Å². The Labute approximate surface area is 395 Å². The monoisotopic (exact) mass is 790 g/mol. The molecule has 10 aromatic rings. The predicted octanol–water partition coefficient (Wildman–Crippen LogP) is -6.56. The molecule has 0 aliphatic heterocycles. The fourth-order valence-electron chi connectivity index (χ4n) is 8.67. The highest BCUT2D eigenvalue weighted by atomic mass is 16.3. The van der Waals surface area contributed by atoms with E-state index in [-0.39, 0.29) is 105 Å². The smallest absolute Gasteiger partial charge is 0.167 e. The Balaban J connectivity index is 1.25. The van der Waals surface area contributed by atoms with E-state index in [1.165, 1.54) is 12.1 Å². The number of furan rings is 1. The molecule has 7 aromatic carbocycles. The summed E-state index contributed by atoms with van der Waals surface area (Å²) in [5.41, 5.74) is 6.91. The predicted molar refractivity (Wildman–Crippen MR) is 284 cm³/mol. The molecule has 0 spiro atoms. The minimum absolute atomic E-state index is 0.0987.